The Balaban J connectivity index is 1.62. The van der Waals surface area contributed by atoms with E-state index in [9.17, 15) is 18.8 Å². The van der Waals surface area contributed by atoms with Gasteiger partial charge in [-0.2, -0.15) is 0 Å². The molecule has 0 aromatic heterocycles. The highest BCUT2D eigenvalue weighted by molar-refractivity contribution is 8.18. The molecule has 1 N–H and O–H groups in total. The molecule has 0 radical (unpaired) electrons. The molecular formula is C21H19FN2O5S. The van der Waals surface area contributed by atoms with Crippen molar-refractivity contribution in [2.45, 2.75) is 0 Å². The van der Waals surface area contributed by atoms with E-state index in [2.05, 4.69) is 5.32 Å². The van der Waals surface area contributed by atoms with Crippen molar-refractivity contribution < 1.29 is 28.2 Å². The predicted octanol–water partition coefficient (Wildman–Crippen LogP) is 3.31. The molecule has 1 heterocycles. The summed E-state index contributed by atoms with van der Waals surface area (Å²) in [4.78, 5) is 38.5. The van der Waals surface area contributed by atoms with Crippen molar-refractivity contribution in [3.8, 4) is 11.5 Å². The van der Waals surface area contributed by atoms with E-state index in [4.69, 9.17) is 9.47 Å². The number of carbonyl (C=O) groups is 3. The lowest BCUT2D eigenvalue weighted by molar-refractivity contribution is -0.122. The van der Waals surface area contributed by atoms with Crippen molar-refractivity contribution in [2.24, 2.45) is 0 Å². The van der Waals surface area contributed by atoms with Crippen LogP contribution < -0.4 is 14.8 Å². The Kier molecular flexibility index (Phi) is 6.73. The molecule has 156 valence electrons. The van der Waals surface area contributed by atoms with Gasteiger partial charge in [-0.3, -0.25) is 19.3 Å². The summed E-state index contributed by atoms with van der Waals surface area (Å²) in [6.45, 7) is 0.0878. The van der Waals surface area contributed by atoms with Gasteiger partial charge in [0.25, 0.3) is 17.1 Å². The molecule has 7 nitrogen and oxygen atoms in total. The van der Waals surface area contributed by atoms with Crippen LogP contribution >= 0.6 is 11.8 Å². The summed E-state index contributed by atoms with van der Waals surface area (Å²) in [5.41, 5.74) is 0.891. The quantitative estimate of drug-likeness (QED) is 0.679. The minimum atomic E-state index is -0.456. The first-order valence-electron chi connectivity index (χ1n) is 8.94. The van der Waals surface area contributed by atoms with E-state index < -0.39 is 17.1 Å². The molecule has 3 amide bonds. The number of thioether (sulfide) groups is 1. The first-order chi connectivity index (χ1) is 14.4. The van der Waals surface area contributed by atoms with Crippen LogP contribution in [-0.2, 0) is 4.79 Å². The summed E-state index contributed by atoms with van der Waals surface area (Å²) in [5, 5.41) is 2.24. The Morgan fingerprint density at radius 2 is 1.87 bits per heavy atom. The maximum atomic E-state index is 13.0. The Morgan fingerprint density at radius 1 is 1.13 bits per heavy atom. The van der Waals surface area contributed by atoms with Crippen molar-refractivity contribution in [2.75, 3.05) is 27.3 Å². The number of nitrogens with one attached hydrogen (secondary N) is 1. The highest BCUT2D eigenvalue weighted by atomic mass is 32.2. The Bertz CT molecular complexity index is 1010. The number of hydrogen-bond donors (Lipinski definition) is 1. The fraction of sp³-hybridized carbons (Fsp3) is 0.190. The summed E-state index contributed by atoms with van der Waals surface area (Å²) < 4.78 is 23.4. The van der Waals surface area contributed by atoms with E-state index in [1.807, 2.05) is 0 Å². The lowest BCUT2D eigenvalue weighted by atomic mass is 10.1. The van der Waals surface area contributed by atoms with Gasteiger partial charge >= 0.3 is 0 Å². The molecule has 0 atom stereocenters. The SMILES string of the molecule is COc1cccc(C(=O)NCCN2C(=O)S/C(=C\c3ccc(F)cc3)C2=O)c1OC. The van der Waals surface area contributed by atoms with Gasteiger partial charge in [-0.1, -0.05) is 18.2 Å². The largest absolute Gasteiger partial charge is 0.493 e. The molecule has 0 spiro atoms. The average Bonchev–Trinajstić information content (AvgIpc) is 3.01. The Morgan fingerprint density at radius 3 is 2.53 bits per heavy atom. The second-order valence-corrected chi connectivity index (χ2v) is 7.18. The van der Waals surface area contributed by atoms with Crippen LogP contribution in [0.4, 0.5) is 9.18 Å². The molecular weight excluding hydrogens is 411 g/mol. The van der Waals surface area contributed by atoms with Crippen molar-refractivity contribution >= 4 is 34.9 Å². The lowest BCUT2D eigenvalue weighted by Gasteiger charge is -2.15. The third kappa shape index (κ3) is 4.62. The van der Waals surface area contributed by atoms with Crippen molar-refractivity contribution in [1.82, 2.24) is 10.2 Å². The van der Waals surface area contributed by atoms with Crippen LogP contribution in [0.3, 0.4) is 0 Å². The van der Waals surface area contributed by atoms with Crippen molar-refractivity contribution in [3.63, 3.8) is 0 Å². The van der Waals surface area contributed by atoms with Crippen LogP contribution in [0.2, 0.25) is 0 Å². The lowest BCUT2D eigenvalue weighted by Crippen LogP contribution is -2.37. The monoisotopic (exact) mass is 430 g/mol. The highest BCUT2D eigenvalue weighted by Crippen LogP contribution is 2.32. The predicted molar refractivity (Wildman–Crippen MR) is 111 cm³/mol. The molecule has 30 heavy (non-hydrogen) atoms. The van der Waals surface area contributed by atoms with Crippen LogP contribution in [0, 0.1) is 5.82 Å². The summed E-state index contributed by atoms with van der Waals surface area (Å²) in [5.74, 6) is -0.543. The molecule has 0 aliphatic carbocycles. The minimum absolute atomic E-state index is 0.0173. The number of nitrogens with zero attached hydrogens (tertiary/aromatic N) is 1. The van der Waals surface area contributed by atoms with Crippen LogP contribution in [0.5, 0.6) is 11.5 Å². The zero-order valence-electron chi connectivity index (χ0n) is 16.3. The number of para-hydroxylation sites is 1. The average molecular weight is 430 g/mol. The number of benzene rings is 2. The van der Waals surface area contributed by atoms with E-state index in [0.29, 0.717) is 17.1 Å². The summed E-state index contributed by atoms with van der Waals surface area (Å²) in [7, 11) is 2.90. The molecule has 2 aromatic carbocycles. The van der Waals surface area contributed by atoms with Crippen LogP contribution in [-0.4, -0.2) is 49.3 Å². The molecule has 9 heteroatoms. The number of amides is 3. The minimum Gasteiger partial charge on any atom is -0.493 e. The normalized spacial score (nSPS) is 14.9. The molecule has 1 saturated heterocycles. The molecule has 0 unspecified atom stereocenters. The topological polar surface area (TPSA) is 84.9 Å². The second-order valence-electron chi connectivity index (χ2n) is 6.18. The van der Waals surface area contributed by atoms with Gasteiger partial charge in [0.2, 0.25) is 0 Å². The molecule has 0 bridgehead atoms. The molecule has 1 aliphatic heterocycles. The van der Waals surface area contributed by atoms with Crippen LogP contribution in [0.15, 0.2) is 47.4 Å². The van der Waals surface area contributed by atoms with Gasteiger partial charge in [0, 0.05) is 13.1 Å². The zero-order valence-corrected chi connectivity index (χ0v) is 17.1. The van der Waals surface area contributed by atoms with Gasteiger partial charge < -0.3 is 14.8 Å². The molecule has 0 saturated carbocycles. The summed E-state index contributed by atoms with van der Waals surface area (Å²) >= 11 is 0.803. The van der Waals surface area contributed by atoms with Gasteiger partial charge in [0.05, 0.1) is 24.7 Å². The zero-order chi connectivity index (χ0) is 21.7. The number of methoxy groups -OCH3 is 2. The van der Waals surface area contributed by atoms with E-state index in [0.717, 1.165) is 16.7 Å². The van der Waals surface area contributed by atoms with Gasteiger partial charge in [-0.05, 0) is 47.7 Å². The standard InChI is InChI=1S/C21H19FN2O5S/c1-28-16-5-3-4-15(18(16)29-2)19(25)23-10-11-24-20(26)17(30-21(24)27)12-13-6-8-14(22)9-7-13/h3-9,12H,10-11H2,1-2H3,(H,23,25)/b17-12-. The van der Waals surface area contributed by atoms with Crippen LogP contribution in [0.1, 0.15) is 15.9 Å². The number of halogens is 1. The molecule has 2 aromatic rings. The number of ether oxygens (including phenoxy) is 2. The maximum Gasteiger partial charge on any atom is 0.293 e. The molecule has 1 aliphatic rings. The van der Waals surface area contributed by atoms with Gasteiger partial charge in [-0.25, -0.2) is 4.39 Å². The highest BCUT2D eigenvalue weighted by Gasteiger charge is 2.34. The van der Waals surface area contributed by atoms with E-state index >= 15 is 0 Å². The Hall–Kier alpha value is -3.33. The molecule has 3 rings (SSSR count). The first-order valence-corrected chi connectivity index (χ1v) is 9.76. The Labute approximate surface area is 176 Å². The summed E-state index contributed by atoms with van der Waals surface area (Å²) in [6, 6.07) is 10.5. The number of imide groups is 1. The fourth-order valence-electron chi connectivity index (χ4n) is 2.85. The van der Waals surface area contributed by atoms with Gasteiger partial charge in [0.15, 0.2) is 11.5 Å². The van der Waals surface area contributed by atoms with Gasteiger partial charge in [-0.15, -0.1) is 0 Å². The summed E-state index contributed by atoms with van der Waals surface area (Å²) in [6.07, 6.45) is 1.53. The van der Waals surface area contributed by atoms with Crippen LogP contribution in [0.25, 0.3) is 6.08 Å². The smallest absolute Gasteiger partial charge is 0.293 e. The van der Waals surface area contributed by atoms with E-state index in [1.165, 1.54) is 44.6 Å². The van der Waals surface area contributed by atoms with Crippen molar-refractivity contribution in [3.05, 3.63) is 64.3 Å². The number of hydrogen-bond acceptors (Lipinski definition) is 6. The van der Waals surface area contributed by atoms with E-state index in [1.54, 1.807) is 18.2 Å². The third-order valence-electron chi connectivity index (χ3n) is 4.31. The second kappa shape index (κ2) is 9.45. The van der Waals surface area contributed by atoms with E-state index in [-0.39, 0.29) is 29.4 Å². The van der Waals surface area contributed by atoms with Crippen molar-refractivity contribution in [1.29, 1.82) is 0 Å². The van der Waals surface area contributed by atoms with Gasteiger partial charge in [0.1, 0.15) is 5.82 Å². The number of carbonyl (C=O) groups excluding carboxylic acids is 3. The third-order valence-corrected chi connectivity index (χ3v) is 5.22. The maximum absolute atomic E-state index is 13.0. The molecule has 1 fully saturated rings. The first kappa shape index (κ1) is 21.4. The fourth-order valence-corrected chi connectivity index (χ4v) is 3.71. The number of rotatable bonds is 7.